The van der Waals surface area contributed by atoms with Crippen LogP contribution in [-0.2, 0) is 14.3 Å². The van der Waals surface area contributed by atoms with Gasteiger partial charge in [-0.2, -0.15) is 0 Å². The maximum Gasteiger partial charge on any atom is 0.325 e. The number of methoxy groups -OCH3 is 1. The molecular weight excluding hydrogens is 160 g/mol. The summed E-state index contributed by atoms with van der Waals surface area (Å²) in [7, 11) is 1.23. The lowest BCUT2D eigenvalue weighted by Gasteiger charge is -2.01. The molecule has 1 amide bonds. The lowest BCUT2D eigenvalue weighted by Crippen LogP contribution is -2.35. The van der Waals surface area contributed by atoms with E-state index in [1.54, 1.807) is 0 Å². The van der Waals surface area contributed by atoms with Gasteiger partial charge in [0.25, 0.3) is 6.04 Å². The zero-order valence-electron chi connectivity index (χ0n) is 6.96. The van der Waals surface area contributed by atoms with Crippen LogP contribution in [0.15, 0.2) is 0 Å². The summed E-state index contributed by atoms with van der Waals surface area (Å²) in [5, 5.41) is 2.26. The zero-order chi connectivity index (χ0) is 9.56. The average molecular weight is 170 g/mol. The molecule has 5 heteroatoms. The molecule has 0 rings (SSSR count). The molecule has 0 heterocycles. The van der Waals surface area contributed by atoms with Gasteiger partial charge >= 0.3 is 11.9 Å². The van der Waals surface area contributed by atoms with Crippen molar-refractivity contribution in [3.8, 4) is 0 Å². The third-order valence-corrected chi connectivity index (χ3v) is 1.21. The standard InChI is InChI=1S/C7H10N2O3/c1-5(8-2)7(11)9-4-6(10)12-3/h5H,4H2,1,3H3,(H,9,11)/t5-/m0/s1. The highest BCUT2D eigenvalue weighted by atomic mass is 16.5. The molecule has 0 aromatic rings. The van der Waals surface area contributed by atoms with E-state index in [9.17, 15) is 9.59 Å². The van der Waals surface area contributed by atoms with Crippen molar-refractivity contribution in [2.24, 2.45) is 0 Å². The van der Waals surface area contributed by atoms with Gasteiger partial charge in [0.1, 0.15) is 6.54 Å². The van der Waals surface area contributed by atoms with Gasteiger partial charge in [-0.1, -0.05) is 0 Å². The molecule has 1 N–H and O–H groups in total. The molecule has 0 radical (unpaired) electrons. The minimum atomic E-state index is -0.755. The number of amides is 1. The van der Waals surface area contributed by atoms with Crippen LogP contribution in [0, 0.1) is 6.57 Å². The lowest BCUT2D eigenvalue weighted by molar-refractivity contribution is -0.141. The lowest BCUT2D eigenvalue weighted by atomic mass is 10.3. The molecular formula is C7H10N2O3. The second-order valence-electron chi connectivity index (χ2n) is 2.10. The van der Waals surface area contributed by atoms with Crippen LogP contribution in [0.5, 0.6) is 0 Å². The maximum atomic E-state index is 10.9. The first-order valence-corrected chi connectivity index (χ1v) is 3.33. The molecule has 5 nitrogen and oxygen atoms in total. The Balaban J connectivity index is 3.73. The van der Waals surface area contributed by atoms with Crippen LogP contribution in [0.1, 0.15) is 6.92 Å². The second kappa shape index (κ2) is 5.13. The summed E-state index contributed by atoms with van der Waals surface area (Å²) in [4.78, 5) is 24.4. The SMILES string of the molecule is [C-]#[N+][C@@H](C)C(=O)NCC(=O)OC. The van der Waals surface area contributed by atoms with Crippen LogP contribution in [0.3, 0.4) is 0 Å². The van der Waals surface area contributed by atoms with E-state index in [4.69, 9.17) is 6.57 Å². The fraction of sp³-hybridized carbons (Fsp3) is 0.571. The van der Waals surface area contributed by atoms with E-state index in [0.29, 0.717) is 0 Å². The van der Waals surface area contributed by atoms with Gasteiger partial charge in [-0.05, 0) is 0 Å². The predicted octanol–water partition coefficient (Wildman–Crippen LogP) is -0.417. The minimum Gasteiger partial charge on any atom is -0.468 e. The fourth-order valence-electron chi connectivity index (χ4n) is 0.438. The molecule has 0 bridgehead atoms. The summed E-state index contributed by atoms with van der Waals surface area (Å²) >= 11 is 0. The highest BCUT2D eigenvalue weighted by molar-refractivity contribution is 5.86. The highest BCUT2D eigenvalue weighted by Gasteiger charge is 2.16. The van der Waals surface area contributed by atoms with Crippen molar-refractivity contribution >= 4 is 11.9 Å². The summed E-state index contributed by atoms with van der Waals surface area (Å²) in [6, 6.07) is -0.755. The van der Waals surface area contributed by atoms with E-state index in [1.165, 1.54) is 14.0 Å². The van der Waals surface area contributed by atoms with Crippen LogP contribution >= 0.6 is 0 Å². The van der Waals surface area contributed by atoms with Crippen molar-refractivity contribution in [2.75, 3.05) is 13.7 Å². The first-order chi connectivity index (χ1) is 5.61. The Bertz CT molecular complexity index is 219. The van der Waals surface area contributed by atoms with Crippen molar-refractivity contribution in [3.05, 3.63) is 11.4 Å². The number of nitrogens with zero attached hydrogens (tertiary/aromatic N) is 1. The van der Waals surface area contributed by atoms with Crippen LogP contribution < -0.4 is 5.32 Å². The van der Waals surface area contributed by atoms with Crippen LogP contribution in [0.2, 0.25) is 0 Å². The van der Waals surface area contributed by atoms with E-state index < -0.39 is 17.9 Å². The predicted molar refractivity (Wildman–Crippen MR) is 41.1 cm³/mol. The number of carbonyl (C=O) groups is 2. The Hall–Kier alpha value is -1.57. The molecule has 0 aromatic heterocycles. The molecule has 0 aliphatic carbocycles. The first-order valence-electron chi connectivity index (χ1n) is 3.33. The van der Waals surface area contributed by atoms with Crippen LogP contribution in [0.4, 0.5) is 0 Å². The third kappa shape index (κ3) is 3.56. The molecule has 12 heavy (non-hydrogen) atoms. The molecule has 0 aliphatic heterocycles. The molecule has 0 spiro atoms. The maximum absolute atomic E-state index is 10.9. The summed E-state index contributed by atoms with van der Waals surface area (Å²) in [5.74, 6) is -0.990. The number of esters is 1. The molecule has 0 saturated heterocycles. The van der Waals surface area contributed by atoms with Gasteiger partial charge in [0.05, 0.1) is 7.11 Å². The quantitative estimate of drug-likeness (QED) is 0.462. The minimum absolute atomic E-state index is 0.185. The van der Waals surface area contributed by atoms with Crippen molar-refractivity contribution in [1.29, 1.82) is 0 Å². The van der Waals surface area contributed by atoms with Gasteiger partial charge in [-0.25, -0.2) is 6.57 Å². The fourth-order valence-corrected chi connectivity index (χ4v) is 0.438. The van der Waals surface area contributed by atoms with E-state index >= 15 is 0 Å². The summed E-state index contributed by atoms with van der Waals surface area (Å²) < 4.78 is 4.28. The summed E-state index contributed by atoms with van der Waals surface area (Å²) in [6.07, 6.45) is 0. The number of hydrogen-bond acceptors (Lipinski definition) is 3. The molecule has 0 aromatic carbocycles. The summed E-state index contributed by atoms with van der Waals surface area (Å²) in [6.45, 7) is 7.79. The van der Waals surface area contributed by atoms with E-state index in [2.05, 4.69) is 14.9 Å². The van der Waals surface area contributed by atoms with Gasteiger partial charge < -0.3 is 14.9 Å². The number of carbonyl (C=O) groups excluding carboxylic acids is 2. The normalized spacial score (nSPS) is 11.1. The number of ether oxygens (including phenoxy) is 1. The Morgan fingerprint density at radius 1 is 1.67 bits per heavy atom. The first kappa shape index (κ1) is 10.4. The van der Waals surface area contributed by atoms with E-state index in [0.717, 1.165) is 0 Å². The van der Waals surface area contributed by atoms with Crippen molar-refractivity contribution in [3.63, 3.8) is 0 Å². The Kier molecular flexibility index (Phi) is 4.46. The van der Waals surface area contributed by atoms with Gasteiger partial charge in [-0.3, -0.25) is 9.59 Å². The molecule has 0 fully saturated rings. The van der Waals surface area contributed by atoms with Gasteiger partial charge in [-0.15, -0.1) is 0 Å². The van der Waals surface area contributed by atoms with E-state index in [-0.39, 0.29) is 6.54 Å². The Morgan fingerprint density at radius 2 is 2.25 bits per heavy atom. The Labute approximate surface area is 70.5 Å². The number of nitrogens with one attached hydrogen (secondary N) is 1. The molecule has 0 aliphatic rings. The second-order valence-corrected chi connectivity index (χ2v) is 2.10. The van der Waals surface area contributed by atoms with Crippen LogP contribution in [-0.4, -0.2) is 31.6 Å². The van der Waals surface area contributed by atoms with Crippen LogP contribution in [0.25, 0.3) is 4.85 Å². The molecule has 1 atom stereocenters. The van der Waals surface area contributed by atoms with Gasteiger partial charge in [0.15, 0.2) is 0 Å². The zero-order valence-corrected chi connectivity index (χ0v) is 6.96. The average Bonchev–Trinajstić information content (AvgIpc) is 2.11. The monoisotopic (exact) mass is 170 g/mol. The number of rotatable bonds is 3. The largest absolute Gasteiger partial charge is 0.468 e. The third-order valence-electron chi connectivity index (χ3n) is 1.21. The van der Waals surface area contributed by atoms with Crippen molar-refractivity contribution < 1.29 is 14.3 Å². The van der Waals surface area contributed by atoms with Crippen molar-refractivity contribution in [1.82, 2.24) is 5.32 Å². The molecule has 0 saturated carbocycles. The topological polar surface area (TPSA) is 59.8 Å². The van der Waals surface area contributed by atoms with Crippen molar-refractivity contribution in [2.45, 2.75) is 13.0 Å². The van der Waals surface area contributed by atoms with E-state index in [1.807, 2.05) is 0 Å². The summed E-state index contributed by atoms with van der Waals surface area (Å²) in [5.41, 5.74) is 0. The van der Waals surface area contributed by atoms with Gasteiger partial charge in [0, 0.05) is 6.92 Å². The number of hydrogen-bond donors (Lipinski definition) is 1. The highest BCUT2D eigenvalue weighted by Crippen LogP contribution is 1.86. The molecule has 0 unspecified atom stereocenters. The molecule has 66 valence electrons. The van der Waals surface area contributed by atoms with Gasteiger partial charge in [0.2, 0.25) is 0 Å². The smallest absolute Gasteiger partial charge is 0.325 e. The Morgan fingerprint density at radius 3 is 2.67 bits per heavy atom.